The standard InChI is InChI=1S/C13H21N3O2S/c1-16(2)19(17,18)12-5-3-11(4-6-12)15-10-13(9-14)7-8-13/h3-6,15H,7-10,14H2,1-2H3. The van der Waals surface area contributed by atoms with Crippen LogP contribution in [0.3, 0.4) is 0 Å². The highest BCUT2D eigenvalue weighted by Gasteiger charge is 2.40. The summed E-state index contributed by atoms with van der Waals surface area (Å²) in [5, 5.41) is 3.32. The van der Waals surface area contributed by atoms with Gasteiger partial charge in [0.2, 0.25) is 10.0 Å². The number of nitrogens with one attached hydrogen (secondary N) is 1. The maximum Gasteiger partial charge on any atom is 0.242 e. The predicted octanol–water partition coefficient (Wildman–Crippen LogP) is 1.09. The van der Waals surface area contributed by atoms with E-state index in [-0.39, 0.29) is 5.41 Å². The summed E-state index contributed by atoms with van der Waals surface area (Å²) < 4.78 is 25.0. The smallest absolute Gasteiger partial charge is 0.242 e. The van der Waals surface area contributed by atoms with E-state index < -0.39 is 10.0 Å². The predicted molar refractivity (Wildman–Crippen MR) is 76.5 cm³/mol. The van der Waals surface area contributed by atoms with Crippen molar-refractivity contribution >= 4 is 15.7 Å². The van der Waals surface area contributed by atoms with Gasteiger partial charge in [-0.05, 0) is 49.1 Å². The van der Waals surface area contributed by atoms with Gasteiger partial charge in [-0.3, -0.25) is 0 Å². The van der Waals surface area contributed by atoms with E-state index in [0.29, 0.717) is 11.4 Å². The average molecular weight is 283 g/mol. The van der Waals surface area contributed by atoms with Crippen LogP contribution in [-0.4, -0.2) is 39.9 Å². The normalized spacial score (nSPS) is 17.5. The number of sulfonamides is 1. The Morgan fingerprint density at radius 2 is 1.84 bits per heavy atom. The first kappa shape index (κ1) is 14.3. The Hall–Kier alpha value is -1.11. The molecule has 19 heavy (non-hydrogen) atoms. The minimum Gasteiger partial charge on any atom is -0.384 e. The lowest BCUT2D eigenvalue weighted by molar-refractivity contribution is 0.520. The van der Waals surface area contributed by atoms with Crippen molar-refractivity contribution in [3.05, 3.63) is 24.3 Å². The van der Waals surface area contributed by atoms with Gasteiger partial charge in [0.25, 0.3) is 0 Å². The molecule has 1 saturated carbocycles. The minimum absolute atomic E-state index is 0.258. The first-order valence-electron chi connectivity index (χ1n) is 6.36. The minimum atomic E-state index is -3.34. The summed E-state index contributed by atoms with van der Waals surface area (Å²) in [6, 6.07) is 6.84. The molecule has 6 heteroatoms. The number of anilines is 1. The fraction of sp³-hybridized carbons (Fsp3) is 0.538. The van der Waals surface area contributed by atoms with Gasteiger partial charge in [-0.1, -0.05) is 0 Å². The summed E-state index contributed by atoms with van der Waals surface area (Å²) in [5.74, 6) is 0. The first-order chi connectivity index (χ1) is 8.89. The van der Waals surface area contributed by atoms with Crippen molar-refractivity contribution in [2.45, 2.75) is 17.7 Å². The van der Waals surface area contributed by atoms with Gasteiger partial charge < -0.3 is 11.1 Å². The van der Waals surface area contributed by atoms with Crippen LogP contribution in [0.15, 0.2) is 29.2 Å². The van der Waals surface area contributed by atoms with Gasteiger partial charge in [-0.25, -0.2) is 12.7 Å². The number of hydrogen-bond acceptors (Lipinski definition) is 4. The van der Waals surface area contributed by atoms with Crippen molar-refractivity contribution in [1.29, 1.82) is 0 Å². The number of nitrogens with zero attached hydrogens (tertiary/aromatic N) is 1. The summed E-state index contributed by atoms with van der Waals surface area (Å²) >= 11 is 0. The Labute approximate surface area is 114 Å². The summed E-state index contributed by atoms with van der Waals surface area (Å²) in [7, 11) is -0.289. The molecular formula is C13H21N3O2S. The summed E-state index contributed by atoms with van der Waals surface area (Å²) in [6.45, 7) is 1.55. The molecule has 1 aliphatic carbocycles. The van der Waals surface area contributed by atoms with Crippen LogP contribution in [0.4, 0.5) is 5.69 Å². The molecule has 1 aromatic rings. The quantitative estimate of drug-likeness (QED) is 0.819. The zero-order chi connectivity index (χ0) is 14.1. The van der Waals surface area contributed by atoms with Crippen LogP contribution in [0.25, 0.3) is 0 Å². The van der Waals surface area contributed by atoms with Crippen LogP contribution >= 0.6 is 0 Å². The lowest BCUT2D eigenvalue weighted by atomic mass is 10.1. The zero-order valence-corrected chi connectivity index (χ0v) is 12.2. The number of rotatable bonds is 6. The Morgan fingerprint density at radius 1 is 1.26 bits per heavy atom. The van der Waals surface area contributed by atoms with Gasteiger partial charge in [0, 0.05) is 26.3 Å². The molecule has 0 radical (unpaired) electrons. The lowest BCUT2D eigenvalue weighted by Crippen LogP contribution is -2.24. The third-order valence-electron chi connectivity index (χ3n) is 3.69. The monoisotopic (exact) mass is 283 g/mol. The molecule has 1 aromatic carbocycles. The molecule has 1 aliphatic rings. The molecule has 0 spiro atoms. The third-order valence-corrected chi connectivity index (χ3v) is 5.52. The molecule has 0 bridgehead atoms. The highest BCUT2D eigenvalue weighted by Crippen LogP contribution is 2.44. The van der Waals surface area contributed by atoms with Gasteiger partial charge in [0.1, 0.15) is 0 Å². The second-order valence-corrected chi connectivity index (χ2v) is 7.52. The molecule has 3 N–H and O–H groups in total. The van der Waals surface area contributed by atoms with Gasteiger partial charge in [-0.2, -0.15) is 0 Å². The average Bonchev–Trinajstić information content (AvgIpc) is 3.17. The van der Waals surface area contributed by atoms with E-state index in [9.17, 15) is 8.42 Å². The maximum absolute atomic E-state index is 11.9. The van der Waals surface area contributed by atoms with E-state index in [1.165, 1.54) is 31.2 Å². The highest BCUT2D eigenvalue weighted by molar-refractivity contribution is 7.89. The van der Waals surface area contributed by atoms with Crippen molar-refractivity contribution in [3.63, 3.8) is 0 Å². The van der Waals surface area contributed by atoms with Crippen LogP contribution in [0.1, 0.15) is 12.8 Å². The zero-order valence-electron chi connectivity index (χ0n) is 11.4. The van der Waals surface area contributed by atoms with Gasteiger partial charge in [-0.15, -0.1) is 0 Å². The SMILES string of the molecule is CN(C)S(=O)(=O)c1ccc(NCC2(CN)CC2)cc1. The van der Waals surface area contributed by atoms with Gasteiger partial charge >= 0.3 is 0 Å². The maximum atomic E-state index is 11.9. The fourth-order valence-electron chi connectivity index (χ4n) is 1.87. The molecule has 0 aliphatic heterocycles. The van der Waals surface area contributed by atoms with Crippen LogP contribution in [0.2, 0.25) is 0 Å². The first-order valence-corrected chi connectivity index (χ1v) is 7.80. The largest absolute Gasteiger partial charge is 0.384 e. The summed E-state index contributed by atoms with van der Waals surface area (Å²) in [6.07, 6.45) is 2.34. The van der Waals surface area contributed by atoms with Crippen molar-refractivity contribution < 1.29 is 8.42 Å². The van der Waals surface area contributed by atoms with E-state index in [1.54, 1.807) is 24.3 Å². The van der Waals surface area contributed by atoms with E-state index in [1.807, 2.05) is 0 Å². The highest BCUT2D eigenvalue weighted by atomic mass is 32.2. The van der Waals surface area contributed by atoms with Crippen molar-refractivity contribution in [2.24, 2.45) is 11.1 Å². The second-order valence-electron chi connectivity index (χ2n) is 5.37. The van der Waals surface area contributed by atoms with Crippen LogP contribution in [0.5, 0.6) is 0 Å². The van der Waals surface area contributed by atoms with Gasteiger partial charge in [0.05, 0.1) is 4.90 Å². The Balaban J connectivity index is 2.03. The van der Waals surface area contributed by atoms with Crippen LogP contribution < -0.4 is 11.1 Å². The van der Waals surface area contributed by atoms with Crippen molar-refractivity contribution in [1.82, 2.24) is 4.31 Å². The van der Waals surface area contributed by atoms with Crippen LogP contribution in [0, 0.1) is 5.41 Å². The third kappa shape index (κ3) is 3.08. The molecule has 0 atom stereocenters. The molecule has 2 rings (SSSR count). The Morgan fingerprint density at radius 3 is 2.26 bits per heavy atom. The van der Waals surface area contributed by atoms with Crippen molar-refractivity contribution in [2.75, 3.05) is 32.5 Å². The van der Waals surface area contributed by atoms with E-state index in [4.69, 9.17) is 5.73 Å². The Bertz CT molecular complexity index is 534. The van der Waals surface area contributed by atoms with E-state index >= 15 is 0 Å². The molecule has 1 fully saturated rings. The molecule has 5 nitrogen and oxygen atoms in total. The molecule has 106 valence electrons. The molecule has 0 unspecified atom stereocenters. The summed E-state index contributed by atoms with van der Waals surface area (Å²) in [4.78, 5) is 0.308. The number of benzene rings is 1. The van der Waals surface area contributed by atoms with E-state index in [2.05, 4.69) is 5.32 Å². The lowest BCUT2D eigenvalue weighted by Gasteiger charge is -2.15. The number of hydrogen-bond donors (Lipinski definition) is 2. The number of nitrogens with two attached hydrogens (primary N) is 1. The fourth-order valence-corrected chi connectivity index (χ4v) is 2.78. The molecule has 0 saturated heterocycles. The van der Waals surface area contributed by atoms with Gasteiger partial charge in [0.15, 0.2) is 0 Å². The van der Waals surface area contributed by atoms with Crippen LogP contribution in [-0.2, 0) is 10.0 Å². The molecule has 0 amide bonds. The molecule has 0 aromatic heterocycles. The second kappa shape index (κ2) is 5.11. The van der Waals surface area contributed by atoms with E-state index in [0.717, 1.165) is 12.2 Å². The molecular weight excluding hydrogens is 262 g/mol. The topological polar surface area (TPSA) is 75.4 Å². The van der Waals surface area contributed by atoms with Crippen molar-refractivity contribution in [3.8, 4) is 0 Å². The molecule has 0 heterocycles. The Kier molecular flexibility index (Phi) is 3.85. The summed E-state index contributed by atoms with van der Waals surface area (Å²) in [5.41, 5.74) is 6.91.